The summed E-state index contributed by atoms with van der Waals surface area (Å²) in [4.78, 5) is 7.27. The number of methoxy groups -OCH3 is 1. The zero-order chi connectivity index (χ0) is 17.0. The minimum atomic E-state index is 0.336. The molecule has 0 N–H and O–H groups in total. The molecule has 0 bridgehead atoms. The van der Waals surface area contributed by atoms with Crippen molar-refractivity contribution in [3.05, 3.63) is 0 Å². The van der Waals surface area contributed by atoms with Gasteiger partial charge in [0.25, 0.3) is 0 Å². The van der Waals surface area contributed by atoms with Crippen LogP contribution >= 0.6 is 0 Å². The lowest BCUT2D eigenvalue weighted by Gasteiger charge is -2.48. The molecule has 23 heavy (non-hydrogen) atoms. The average Bonchev–Trinajstić information content (AvgIpc) is 2.89. The smallest absolute Gasteiger partial charge is 0.110 e. The first-order chi connectivity index (χ1) is 10.9. The molecule has 2 aliphatic rings. The van der Waals surface area contributed by atoms with Gasteiger partial charge in [-0.15, -0.1) is 0 Å². The van der Waals surface area contributed by atoms with Crippen LogP contribution in [0.2, 0.25) is 5.82 Å². The van der Waals surface area contributed by atoms with E-state index in [-0.39, 0.29) is 0 Å². The normalized spacial score (nSPS) is 25.7. The van der Waals surface area contributed by atoms with E-state index >= 15 is 0 Å². The molecule has 134 valence electrons. The Labute approximate surface area is 143 Å². The highest BCUT2D eigenvalue weighted by atomic mass is 16.5. The van der Waals surface area contributed by atoms with Crippen molar-refractivity contribution in [2.45, 2.75) is 32.2 Å². The number of hydrazine groups is 1. The third-order valence-electron chi connectivity index (χ3n) is 5.35. The van der Waals surface area contributed by atoms with Crippen LogP contribution in [-0.2, 0) is 4.74 Å². The maximum Gasteiger partial charge on any atom is 0.110 e. The molecule has 0 amide bonds. The van der Waals surface area contributed by atoms with E-state index in [9.17, 15) is 0 Å². The van der Waals surface area contributed by atoms with Crippen LogP contribution in [0.5, 0.6) is 0 Å². The third-order valence-corrected chi connectivity index (χ3v) is 5.35. The van der Waals surface area contributed by atoms with Gasteiger partial charge in [0.1, 0.15) is 7.85 Å². The molecule has 7 heteroatoms. The van der Waals surface area contributed by atoms with Gasteiger partial charge in [-0.2, -0.15) is 0 Å². The second kappa shape index (κ2) is 8.78. The highest BCUT2D eigenvalue weighted by Crippen LogP contribution is 2.24. The predicted molar refractivity (Wildman–Crippen MR) is 97.7 cm³/mol. The SMILES string of the molecule is BC(CN(CN1CCN(C)C1)N1CN(C)C1)C(OC)C(C)CC. The molecule has 0 aromatic heterocycles. The zero-order valence-electron chi connectivity index (χ0n) is 16.0. The minimum absolute atomic E-state index is 0.336. The fourth-order valence-corrected chi connectivity index (χ4v) is 3.79. The maximum atomic E-state index is 5.83. The first-order valence-corrected chi connectivity index (χ1v) is 9.06. The van der Waals surface area contributed by atoms with Crippen LogP contribution < -0.4 is 0 Å². The summed E-state index contributed by atoms with van der Waals surface area (Å²) in [6.07, 6.45) is 1.51. The Bertz CT molecular complexity index is 355. The average molecular weight is 325 g/mol. The molecule has 0 aliphatic carbocycles. The van der Waals surface area contributed by atoms with Crippen LogP contribution in [0.1, 0.15) is 20.3 Å². The van der Waals surface area contributed by atoms with E-state index < -0.39 is 0 Å². The van der Waals surface area contributed by atoms with Gasteiger partial charge in [-0.1, -0.05) is 20.3 Å². The number of hydrogen-bond donors (Lipinski definition) is 0. The van der Waals surface area contributed by atoms with E-state index in [1.807, 2.05) is 7.11 Å². The number of likely N-dealkylation sites (N-methyl/N-ethyl adjacent to an activating group) is 1. The van der Waals surface area contributed by atoms with Crippen LogP contribution in [0.15, 0.2) is 0 Å². The predicted octanol–water partition coefficient (Wildman–Crippen LogP) is 0.0109. The second-order valence-electron chi connectivity index (χ2n) is 7.65. The fourth-order valence-electron chi connectivity index (χ4n) is 3.79. The second-order valence-corrected chi connectivity index (χ2v) is 7.65. The monoisotopic (exact) mass is 325 g/mol. The van der Waals surface area contributed by atoms with E-state index in [4.69, 9.17) is 4.74 Å². The fraction of sp³-hybridized carbons (Fsp3) is 1.00. The summed E-state index contributed by atoms with van der Waals surface area (Å²) in [6.45, 7) is 12.2. The first-order valence-electron chi connectivity index (χ1n) is 9.06. The van der Waals surface area contributed by atoms with Gasteiger partial charge in [-0.05, 0) is 25.8 Å². The third kappa shape index (κ3) is 5.15. The molecule has 0 aromatic rings. The van der Waals surface area contributed by atoms with Gasteiger partial charge in [0.05, 0.1) is 32.8 Å². The van der Waals surface area contributed by atoms with E-state index in [0.717, 1.165) is 33.2 Å². The number of nitrogens with zero attached hydrogens (tertiary/aromatic N) is 5. The Hall–Kier alpha value is -0.175. The Morgan fingerprint density at radius 3 is 2.30 bits per heavy atom. The van der Waals surface area contributed by atoms with Gasteiger partial charge in [0, 0.05) is 26.7 Å². The van der Waals surface area contributed by atoms with Crippen molar-refractivity contribution in [3.8, 4) is 0 Å². The first kappa shape index (κ1) is 19.2. The van der Waals surface area contributed by atoms with Gasteiger partial charge < -0.3 is 4.74 Å². The molecule has 2 rings (SSSR count). The summed E-state index contributed by atoms with van der Waals surface area (Å²) in [7, 11) is 8.59. The molecule has 2 aliphatic heterocycles. The Kier molecular flexibility index (Phi) is 7.32. The van der Waals surface area contributed by atoms with Crippen molar-refractivity contribution in [2.75, 3.05) is 67.5 Å². The highest BCUT2D eigenvalue weighted by Gasteiger charge is 2.32. The molecule has 3 atom stereocenters. The molecule has 2 fully saturated rings. The number of ether oxygens (including phenoxy) is 1. The summed E-state index contributed by atoms with van der Waals surface area (Å²) < 4.78 is 5.83. The van der Waals surface area contributed by atoms with Crippen LogP contribution in [0.4, 0.5) is 0 Å². The minimum Gasteiger partial charge on any atom is -0.382 e. The molecule has 3 unspecified atom stereocenters. The van der Waals surface area contributed by atoms with Crippen molar-refractivity contribution in [1.82, 2.24) is 24.7 Å². The molecule has 0 radical (unpaired) electrons. The van der Waals surface area contributed by atoms with E-state index in [1.165, 1.54) is 19.5 Å². The summed E-state index contributed by atoms with van der Waals surface area (Å²) in [5, 5.41) is 5.01. The lowest BCUT2D eigenvalue weighted by Crippen LogP contribution is -2.63. The summed E-state index contributed by atoms with van der Waals surface area (Å²) in [5.41, 5.74) is 0. The molecule has 0 aromatic carbocycles. The van der Waals surface area contributed by atoms with E-state index in [2.05, 4.69) is 60.5 Å². The lowest BCUT2D eigenvalue weighted by molar-refractivity contribution is -0.182. The molecule has 2 heterocycles. The van der Waals surface area contributed by atoms with Crippen LogP contribution in [0.3, 0.4) is 0 Å². The van der Waals surface area contributed by atoms with E-state index in [0.29, 0.717) is 17.8 Å². The van der Waals surface area contributed by atoms with Gasteiger partial charge >= 0.3 is 0 Å². The van der Waals surface area contributed by atoms with Crippen molar-refractivity contribution in [2.24, 2.45) is 5.92 Å². The summed E-state index contributed by atoms with van der Waals surface area (Å²) in [6, 6.07) is 0. The largest absolute Gasteiger partial charge is 0.382 e. The van der Waals surface area contributed by atoms with Crippen molar-refractivity contribution >= 4 is 7.85 Å². The van der Waals surface area contributed by atoms with Gasteiger partial charge in [0.15, 0.2) is 0 Å². The molecular weight excluding hydrogens is 289 g/mol. The molecule has 2 saturated heterocycles. The maximum absolute atomic E-state index is 5.83. The van der Waals surface area contributed by atoms with Crippen LogP contribution in [0.25, 0.3) is 0 Å². The molecule has 0 spiro atoms. The Morgan fingerprint density at radius 2 is 1.83 bits per heavy atom. The Balaban J connectivity index is 1.93. The van der Waals surface area contributed by atoms with E-state index in [1.54, 1.807) is 0 Å². The number of hydrogen-bond acceptors (Lipinski definition) is 6. The van der Waals surface area contributed by atoms with Crippen LogP contribution in [0, 0.1) is 5.92 Å². The highest BCUT2D eigenvalue weighted by molar-refractivity contribution is 6.12. The molecule has 0 saturated carbocycles. The molecule has 6 nitrogen and oxygen atoms in total. The zero-order valence-corrected chi connectivity index (χ0v) is 16.0. The quantitative estimate of drug-likeness (QED) is 0.554. The molecular formula is C16H36BN5O. The van der Waals surface area contributed by atoms with Crippen LogP contribution in [-0.4, -0.2) is 106 Å². The topological polar surface area (TPSA) is 25.4 Å². The van der Waals surface area contributed by atoms with Gasteiger partial charge in [-0.3, -0.25) is 14.7 Å². The lowest BCUT2D eigenvalue weighted by atomic mass is 9.76. The van der Waals surface area contributed by atoms with Crippen molar-refractivity contribution in [3.63, 3.8) is 0 Å². The summed E-state index contributed by atoms with van der Waals surface area (Å²) in [5.74, 6) is 1.13. The summed E-state index contributed by atoms with van der Waals surface area (Å²) >= 11 is 0. The standard InChI is InChI=1S/C16H36BN5O/c1-6-14(2)16(23-5)15(17)9-21(22-11-19(4)12-22)13-20-8-7-18(3)10-20/h14-16H,6-13,17H2,1-5H3. The number of rotatable bonds is 9. The van der Waals surface area contributed by atoms with Crippen molar-refractivity contribution < 1.29 is 4.74 Å². The van der Waals surface area contributed by atoms with Gasteiger partial charge in [-0.25, -0.2) is 10.0 Å². The van der Waals surface area contributed by atoms with Crippen molar-refractivity contribution in [1.29, 1.82) is 0 Å². The van der Waals surface area contributed by atoms with Gasteiger partial charge in [0.2, 0.25) is 0 Å². The Morgan fingerprint density at radius 1 is 1.13 bits per heavy atom.